The summed E-state index contributed by atoms with van der Waals surface area (Å²) in [5.41, 5.74) is 1.03. The van der Waals surface area contributed by atoms with Gasteiger partial charge in [-0.1, -0.05) is 12.1 Å². The zero-order valence-electron chi connectivity index (χ0n) is 13.4. The van der Waals surface area contributed by atoms with Crippen LogP contribution in [-0.4, -0.2) is 28.9 Å². The van der Waals surface area contributed by atoms with Crippen LogP contribution in [-0.2, 0) is 0 Å². The minimum absolute atomic E-state index is 0.0578. The second-order valence-corrected chi connectivity index (χ2v) is 7.33. The minimum atomic E-state index is -0.733. The topological polar surface area (TPSA) is 33.2 Å². The normalized spacial score (nSPS) is 17.8. The fourth-order valence-corrected chi connectivity index (χ4v) is 4.38. The molecule has 1 saturated heterocycles. The fourth-order valence-electron chi connectivity index (χ4n) is 3.29. The van der Waals surface area contributed by atoms with E-state index in [9.17, 15) is 13.6 Å². The van der Waals surface area contributed by atoms with Crippen LogP contribution in [0, 0.1) is 11.6 Å². The number of nitrogens with zero attached hydrogens (tertiary/aromatic N) is 2. The Hall–Kier alpha value is -2.34. The summed E-state index contributed by atoms with van der Waals surface area (Å²) in [5, 5.41) is 1.02. The van der Waals surface area contributed by atoms with Crippen molar-refractivity contribution in [2.75, 3.05) is 13.1 Å². The number of likely N-dealkylation sites (tertiary alicyclic amines) is 1. The lowest BCUT2D eigenvalue weighted by atomic mass is 9.98. The van der Waals surface area contributed by atoms with Gasteiger partial charge in [-0.25, -0.2) is 13.8 Å². The molecule has 0 aliphatic carbocycles. The lowest BCUT2D eigenvalue weighted by Crippen LogP contribution is -2.39. The van der Waals surface area contributed by atoms with Crippen LogP contribution >= 0.6 is 11.3 Å². The molecule has 1 fully saturated rings. The van der Waals surface area contributed by atoms with Crippen molar-refractivity contribution in [1.82, 2.24) is 9.88 Å². The molecular weight excluding hydrogens is 342 g/mol. The highest BCUT2D eigenvalue weighted by molar-refractivity contribution is 7.18. The van der Waals surface area contributed by atoms with E-state index in [0.717, 1.165) is 46.3 Å². The Bertz CT molecular complexity index is 887. The van der Waals surface area contributed by atoms with Gasteiger partial charge >= 0.3 is 0 Å². The van der Waals surface area contributed by atoms with E-state index >= 15 is 0 Å². The highest BCUT2D eigenvalue weighted by Crippen LogP contribution is 2.33. The minimum Gasteiger partial charge on any atom is -0.338 e. The summed E-state index contributed by atoms with van der Waals surface area (Å²) in [4.78, 5) is 19.0. The van der Waals surface area contributed by atoms with Crippen LogP contribution in [0.2, 0.25) is 0 Å². The molecular formula is C19H16F2N2OS. The predicted molar refractivity (Wildman–Crippen MR) is 93.9 cm³/mol. The number of fused-ring (bicyclic) bond motifs is 1. The molecule has 0 N–H and O–H groups in total. The largest absolute Gasteiger partial charge is 0.338 e. The number of benzene rings is 2. The smallest absolute Gasteiger partial charge is 0.254 e. The van der Waals surface area contributed by atoms with Crippen LogP contribution in [0.1, 0.15) is 34.1 Å². The molecule has 0 radical (unpaired) electrons. The predicted octanol–water partition coefficient (Wildman–Crippen LogP) is 4.59. The number of halogens is 2. The Morgan fingerprint density at radius 2 is 1.92 bits per heavy atom. The van der Waals surface area contributed by atoms with E-state index in [1.807, 2.05) is 24.3 Å². The quantitative estimate of drug-likeness (QED) is 0.671. The summed E-state index contributed by atoms with van der Waals surface area (Å²) >= 11 is 1.65. The summed E-state index contributed by atoms with van der Waals surface area (Å²) in [7, 11) is 0. The lowest BCUT2D eigenvalue weighted by Gasteiger charge is -2.32. The highest BCUT2D eigenvalue weighted by atomic mass is 32.1. The maximum absolute atomic E-state index is 13.4. The van der Waals surface area contributed by atoms with Gasteiger partial charge in [-0.05, 0) is 37.1 Å². The Labute approximate surface area is 147 Å². The van der Waals surface area contributed by atoms with Gasteiger partial charge in [0.1, 0.15) is 11.6 Å². The van der Waals surface area contributed by atoms with Gasteiger partial charge in [0, 0.05) is 30.6 Å². The first-order valence-corrected chi connectivity index (χ1v) is 9.02. The fraction of sp³-hybridized carbons (Fsp3) is 0.263. The molecule has 128 valence electrons. The van der Waals surface area contributed by atoms with E-state index in [2.05, 4.69) is 0 Å². The Kier molecular flexibility index (Phi) is 4.21. The summed E-state index contributed by atoms with van der Waals surface area (Å²) in [5.74, 6) is -1.64. The monoisotopic (exact) mass is 358 g/mol. The average Bonchev–Trinajstić information content (AvgIpc) is 3.04. The molecule has 0 saturated carbocycles. The molecule has 2 heterocycles. The molecule has 1 aliphatic rings. The van der Waals surface area contributed by atoms with Crippen molar-refractivity contribution in [2.45, 2.75) is 18.8 Å². The van der Waals surface area contributed by atoms with Crippen LogP contribution in [0.4, 0.5) is 8.78 Å². The lowest BCUT2D eigenvalue weighted by molar-refractivity contribution is 0.0706. The Morgan fingerprint density at radius 1 is 1.16 bits per heavy atom. The van der Waals surface area contributed by atoms with Crippen molar-refractivity contribution >= 4 is 27.5 Å². The first kappa shape index (κ1) is 16.1. The first-order chi connectivity index (χ1) is 12.1. The number of carbonyl (C=O) groups is 1. The van der Waals surface area contributed by atoms with E-state index in [-0.39, 0.29) is 17.4 Å². The number of piperidine rings is 1. The summed E-state index contributed by atoms with van der Waals surface area (Å²) in [6, 6.07) is 10.9. The van der Waals surface area contributed by atoms with Gasteiger partial charge in [-0.3, -0.25) is 4.79 Å². The zero-order valence-corrected chi connectivity index (χ0v) is 14.2. The van der Waals surface area contributed by atoms with Crippen LogP contribution in [0.25, 0.3) is 10.2 Å². The van der Waals surface area contributed by atoms with E-state index in [1.165, 1.54) is 0 Å². The molecule has 4 rings (SSSR count). The van der Waals surface area contributed by atoms with Gasteiger partial charge < -0.3 is 4.90 Å². The molecule has 1 aliphatic heterocycles. The second-order valence-electron chi connectivity index (χ2n) is 6.27. The molecule has 1 aromatic heterocycles. The van der Waals surface area contributed by atoms with Crippen molar-refractivity contribution in [3.63, 3.8) is 0 Å². The number of para-hydroxylation sites is 1. The first-order valence-electron chi connectivity index (χ1n) is 8.21. The summed E-state index contributed by atoms with van der Waals surface area (Å²) in [6.07, 6.45) is 1.81. The Morgan fingerprint density at radius 3 is 2.68 bits per heavy atom. The molecule has 25 heavy (non-hydrogen) atoms. The SMILES string of the molecule is O=C(c1cc(F)cc(F)c1)N1CCC[C@@H](c2nc3ccccc3s2)C1. The molecule has 1 atom stereocenters. The van der Waals surface area contributed by atoms with Crippen LogP contribution in [0.15, 0.2) is 42.5 Å². The molecule has 2 aromatic carbocycles. The Balaban J connectivity index is 1.57. The van der Waals surface area contributed by atoms with Crippen molar-refractivity contribution in [1.29, 1.82) is 0 Å². The van der Waals surface area contributed by atoms with Crippen molar-refractivity contribution < 1.29 is 13.6 Å². The van der Waals surface area contributed by atoms with Gasteiger partial charge in [0.2, 0.25) is 0 Å². The molecule has 1 amide bonds. The number of thiazole rings is 1. The molecule has 3 aromatic rings. The maximum atomic E-state index is 13.4. The number of carbonyl (C=O) groups excluding carboxylic acids is 1. The molecule has 0 unspecified atom stereocenters. The third kappa shape index (κ3) is 3.26. The van der Waals surface area contributed by atoms with Crippen molar-refractivity contribution in [3.05, 3.63) is 64.7 Å². The average molecular weight is 358 g/mol. The number of rotatable bonds is 2. The maximum Gasteiger partial charge on any atom is 0.254 e. The van der Waals surface area contributed by atoms with E-state index in [0.29, 0.717) is 13.1 Å². The number of hydrogen-bond acceptors (Lipinski definition) is 3. The van der Waals surface area contributed by atoms with Gasteiger partial charge in [-0.15, -0.1) is 11.3 Å². The van der Waals surface area contributed by atoms with Gasteiger partial charge in [0.25, 0.3) is 5.91 Å². The number of aromatic nitrogens is 1. The van der Waals surface area contributed by atoms with Crippen molar-refractivity contribution in [3.8, 4) is 0 Å². The van der Waals surface area contributed by atoms with Crippen molar-refractivity contribution in [2.24, 2.45) is 0 Å². The van der Waals surface area contributed by atoms with Gasteiger partial charge in [0.05, 0.1) is 15.2 Å². The third-order valence-corrected chi connectivity index (χ3v) is 5.68. The second kappa shape index (κ2) is 6.52. The highest BCUT2D eigenvalue weighted by Gasteiger charge is 2.28. The van der Waals surface area contributed by atoms with E-state index in [4.69, 9.17) is 4.98 Å². The number of hydrogen-bond donors (Lipinski definition) is 0. The standard InChI is InChI=1S/C19H16F2N2OS/c20-14-8-13(9-15(21)10-14)19(24)23-7-3-4-12(11-23)18-22-16-5-1-2-6-17(16)25-18/h1-2,5-6,8-10,12H,3-4,7,11H2/t12-/m1/s1. The van der Waals surface area contributed by atoms with Crippen LogP contribution in [0.5, 0.6) is 0 Å². The van der Waals surface area contributed by atoms with Gasteiger partial charge in [-0.2, -0.15) is 0 Å². The van der Waals surface area contributed by atoms with Crippen LogP contribution in [0.3, 0.4) is 0 Å². The molecule has 3 nitrogen and oxygen atoms in total. The number of amides is 1. The molecule has 6 heteroatoms. The van der Waals surface area contributed by atoms with Crippen LogP contribution < -0.4 is 0 Å². The van der Waals surface area contributed by atoms with E-state index in [1.54, 1.807) is 16.2 Å². The van der Waals surface area contributed by atoms with Gasteiger partial charge in [0.15, 0.2) is 0 Å². The molecule has 0 spiro atoms. The molecule has 0 bridgehead atoms. The third-order valence-electron chi connectivity index (χ3n) is 4.48. The summed E-state index contributed by atoms with van der Waals surface area (Å²) < 4.78 is 27.9. The van der Waals surface area contributed by atoms with E-state index < -0.39 is 11.6 Å². The summed E-state index contributed by atoms with van der Waals surface area (Å²) in [6.45, 7) is 1.12. The zero-order chi connectivity index (χ0) is 17.4.